The van der Waals surface area contributed by atoms with Crippen LogP contribution in [0.15, 0.2) is 30.3 Å². The molecular formula is C18H22O2. The molecule has 0 heterocycles. The Bertz CT molecular complexity index is 615. The van der Waals surface area contributed by atoms with Crippen molar-refractivity contribution >= 4 is 0 Å². The van der Waals surface area contributed by atoms with Crippen LogP contribution in [0.3, 0.4) is 0 Å². The minimum Gasteiger partial charge on any atom is -0.504 e. The van der Waals surface area contributed by atoms with Crippen molar-refractivity contribution in [3.05, 3.63) is 47.0 Å². The highest BCUT2D eigenvalue weighted by Gasteiger charge is 2.13. The summed E-state index contributed by atoms with van der Waals surface area (Å²) < 4.78 is 0. The molecule has 0 atom stereocenters. The predicted molar refractivity (Wildman–Crippen MR) is 83.3 cm³/mol. The smallest absolute Gasteiger partial charge is 0.158 e. The van der Waals surface area contributed by atoms with Crippen LogP contribution in [0.25, 0.3) is 11.1 Å². The third-order valence-electron chi connectivity index (χ3n) is 3.88. The maximum Gasteiger partial charge on any atom is 0.158 e. The van der Waals surface area contributed by atoms with Gasteiger partial charge in [0.2, 0.25) is 0 Å². The molecule has 0 saturated heterocycles. The van der Waals surface area contributed by atoms with E-state index in [1.54, 1.807) is 12.1 Å². The summed E-state index contributed by atoms with van der Waals surface area (Å²) in [6, 6.07) is 9.68. The SMILES string of the molecule is CCc1cc(O)c(O)cc1-c1cccc(CC)c1CC. The van der Waals surface area contributed by atoms with Crippen molar-refractivity contribution in [2.75, 3.05) is 0 Å². The molecule has 2 nitrogen and oxygen atoms in total. The number of hydrogen-bond acceptors (Lipinski definition) is 2. The zero-order chi connectivity index (χ0) is 14.7. The monoisotopic (exact) mass is 270 g/mol. The van der Waals surface area contributed by atoms with Crippen LogP contribution in [0.1, 0.15) is 37.5 Å². The third kappa shape index (κ3) is 2.51. The lowest BCUT2D eigenvalue weighted by atomic mass is 9.89. The van der Waals surface area contributed by atoms with Gasteiger partial charge in [0.1, 0.15) is 0 Å². The van der Waals surface area contributed by atoms with Crippen molar-refractivity contribution in [3.63, 3.8) is 0 Å². The lowest BCUT2D eigenvalue weighted by Crippen LogP contribution is -1.97. The van der Waals surface area contributed by atoms with Crippen molar-refractivity contribution in [1.29, 1.82) is 0 Å². The first-order chi connectivity index (χ1) is 9.62. The first kappa shape index (κ1) is 14.4. The minimum atomic E-state index is -0.0545. The fourth-order valence-corrected chi connectivity index (χ4v) is 2.80. The van der Waals surface area contributed by atoms with E-state index in [1.165, 1.54) is 16.7 Å². The van der Waals surface area contributed by atoms with Crippen LogP contribution in [0.5, 0.6) is 11.5 Å². The van der Waals surface area contributed by atoms with Crippen LogP contribution in [-0.4, -0.2) is 10.2 Å². The summed E-state index contributed by atoms with van der Waals surface area (Å²) in [4.78, 5) is 0. The quantitative estimate of drug-likeness (QED) is 0.806. The Morgan fingerprint density at radius 2 is 1.40 bits per heavy atom. The summed E-state index contributed by atoms with van der Waals surface area (Å²) in [7, 11) is 0. The normalized spacial score (nSPS) is 10.8. The topological polar surface area (TPSA) is 40.5 Å². The standard InChI is InChI=1S/C18H22O2/c1-4-12-8-7-9-15(14(12)6-3)16-11-18(20)17(19)10-13(16)5-2/h7-11,19-20H,4-6H2,1-3H3. The molecule has 0 aliphatic heterocycles. The van der Waals surface area contributed by atoms with Gasteiger partial charge in [0.05, 0.1) is 0 Å². The molecule has 0 amide bonds. The van der Waals surface area contributed by atoms with E-state index in [2.05, 4.69) is 39.0 Å². The van der Waals surface area contributed by atoms with Crippen molar-refractivity contribution in [2.45, 2.75) is 40.0 Å². The Hall–Kier alpha value is -1.96. The van der Waals surface area contributed by atoms with E-state index in [-0.39, 0.29) is 11.5 Å². The van der Waals surface area contributed by atoms with E-state index in [4.69, 9.17) is 0 Å². The average Bonchev–Trinajstić information content (AvgIpc) is 2.48. The second-order valence-electron chi connectivity index (χ2n) is 5.00. The Kier molecular flexibility index (Phi) is 4.33. The molecule has 0 saturated carbocycles. The molecule has 2 aromatic carbocycles. The molecule has 0 radical (unpaired) electrons. The largest absolute Gasteiger partial charge is 0.504 e. The first-order valence-electron chi connectivity index (χ1n) is 7.28. The Morgan fingerprint density at radius 1 is 0.750 bits per heavy atom. The maximum atomic E-state index is 9.82. The van der Waals surface area contributed by atoms with E-state index in [0.29, 0.717) is 0 Å². The van der Waals surface area contributed by atoms with E-state index in [9.17, 15) is 10.2 Å². The molecular weight excluding hydrogens is 248 g/mol. The number of aromatic hydroxyl groups is 2. The van der Waals surface area contributed by atoms with Crippen LogP contribution >= 0.6 is 0 Å². The van der Waals surface area contributed by atoms with Crippen molar-refractivity contribution < 1.29 is 10.2 Å². The van der Waals surface area contributed by atoms with Gasteiger partial charge in [-0.3, -0.25) is 0 Å². The van der Waals surface area contributed by atoms with E-state index in [0.717, 1.165) is 30.4 Å². The number of phenolic OH excluding ortho intramolecular Hbond substituents is 2. The highest BCUT2D eigenvalue weighted by molar-refractivity contribution is 5.74. The molecule has 2 heteroatoms. The van der Waals surface area contributed by atoms with Gasteiger partial charge in [0.15, 0.2) is 11.5 Å². The second kappa shape index (κ2) is 6.00. The van der Waals surface area contributed by atoms with Gasteiger partial charge in [0.25, 0.3) is 0 Å². The van der Waals surface area contributed by atoms with Gasteiger partial charge in [-0.1, -0.05) is 39.0 Å². The molecule has 0 fully saturated rings. The highest BCUT2D eigenvalue weighted by Crippen LogP contribution is 2.37. The third-order valence-corrected chi connectivity index (χ3v) is 3.88. The summed E-state index contributed by atoms with van der Waals surface area (Å²) in [6.45, 7) is 6.38. The maximum absolute atomic E-state index is 9.82. The van der Waals surface area contributed by atoms with Gasteiger partial charge < -0.3 is 10.2 Å². The van der Waals surface area contributed by atoms with Gasteiger partial charge >= 0.3 is 0 Å². The van der Waals surface area contributed by atoms with Crippen LogP contribution in [0.4, 0.5) is 0 Å². The first-order valence-corrected chi connectivity index (χ1v) is 7.28. The van der Waals surface area contributed by atoms with E-state index >= 15 is 0 Å². The molecule has 106 valence electrons. The molecule has 0 unspecified atom stereocenters. The number of benzene rings is 2. The van der Waals surface area contributed by atoms with Crippen LogP contribution in [0, 0.1) is 0 Å². The van der Waals surface area contributed by atoms with Crippen molar-refractivity contribution in [1.82, 2.24) is 0 Å². The predicted octanol–water partition coefficient (Wildman–Crippen LogP) is 4.45. The van der Waals surface area contributed by atoms with Crippen LogP contribution < -0.4 is 0 Å². The van der Waals surface area contributed by atoms with E-state index < -0.39 is 0 Å². The minimum absolute atomic E-state index is 0.0460. The molecule has 2 rings (SSSR count). The van der Waals surface area contributed by atoms with Gasteiger partial charge in [-0.2, -0.15) is 0 Å². The fourth-order valence-electron chi connectivity index (χ4n) is 2.80. The lowest BCUT2D eigenvalue weighted by Gasteiger charge is -2.16. The molecule has 2 aromatic rings. The summed E-state index contributed by atoms with van der Waals surface area (Å²) in [6.07, 6.45) is 2.79. The summed E-state index contributed by atoms with van der Waals surface area (Å²) in [5, 5.41) is 19.5. The summed E-state index contributed by atoms with van der Waals surface area (Å²) >= 11 is 0. The average molecular weight is 270 g/mol. The zero-order valence-corrected chi connectivity index (χ0v) is 12.4. The Labute approximate surface area is 120 Å². The Morgan fingerprint density at radius 3 is 2.00 bits per heavy atom. The van der Waals surface area contributed by atoms with Gasteiger partial charge in [-0.25, -0.2) is 0 Å². The van der Waals surface area contributed by atoms with Crippen LogP contribution in [-0.2, 0) is 19.3 Å². The van der Waals surface area contributed by atoms with E-state index in [1.807, 2.05) is 0 Å². The molecule has 2 N–H and O–H groups in total. The molecule has 0 spiro atoms. The Balaban J connectivity index is 2.71. The highest BCUT2D eigenvalue weighted by atomic mass is 16.3. The van der Waals surface area contributed by atoms with Gasteiger partial charge in [-0.05, 0) is 59.2 Å². The van der Waals surface area contributed by atoms with Crippen LogP contribution in [0.2, 0.25) is 0 Å². The molecule has 0 aromatic heterocycles. The van der Waals surface area contributed by atoms with Gasteiger partial charge in [0, 0.05) is 0 Å². The number of aryl methyl sites for hydroxylation is 2. The summed E-state index contributed by atoms with van der Waals surface area (Å²) in [5.41, 5.74) is 5.92. The lowest BCUT2D eigenvalue weighted by molar-refractivity contribution is 0.403. The molecule has 0 aliphatic rings. The second-order valence-corrected chi connectivity index (χ2v) is 5.00. The number of phenols is 2. The van der Waals surface area contributed by atoms with Crippen molar-refractivity contribution in [3.8, 4) is 22.6 Å². The van der Waals surface area contributed by atoms with Crippen molar-refractivity contribution in [2.24, 2.45) is 0 Å². The fraction of sp³-hybridized carbons (Fsp3) is 0.333. The van der Waals surface area contributed by atoms with Gasteiger partial charge in [-0.15, -0.1) is 0 Å². The zero-order valence-electron chi connectivity index (χ0n) is 12.4. The molecule has 0 bridgehead atoms. The molecule has 20 heavy (non-hydrogen) atoms. The number of rotatable bonds is 4. The summed E-state index contributed by atoms with van der Waals surface area (Å²) in [5.74, 6) is -0.101. The number of hydrogen-bond donors (Lipinski definition) is 2. The molecule has 0 aliphatic carbocycles.